The Hall–Kier alpha value is -3.15. The van der Waals surface area contributed by atoms with Gasteiger partial charge >= 0.3 is 0 Å². The van der Waals surface area contributed by atoms with Crippen molar-refractivity contribution in [3.05, 3.63) is 59.7 Å². The SMILES string of the molecule is CCCNC(=O)c1ccc(NC(=O)c2ccc(NC(=O)C3CC3)cc2)cc1. The number of hydrogen-bond acceptors (Lipinski definition) is 3. The Morgan fingerprint density at radius 3 is 1.85 bits per heavy atom. The molecule has 3 rings (SSSR count). The molecule has 6 heteroatoms. The zero-order valence-corrected chi connectivity index (χ0v) is 15.2. The summed E-state index contributed by atoms with van der Waals surface area (Å²) in [7, 11) is 0. The Morgan fingerprint density at radius 2 is 1.33 bits per heavy atom. The van der Waals surface area contributed by atoms with Crippen LogP contribution in [0.2, 0.25) is 0 Å². The topological polar surface area (TPSA) is 87.3 Å². The Bertz CT molecular complexity index is 825. The number of carbonyl (C=O) groups excluding carboxylic acids is 3. The van der Waals surface area contributed by atoms with Gasteiger partial charge in [-0.15, -0.1) is 0 Å². The molecule has 1 saturated carbocycles. The van der Waals surface area contributed by atoms with Gasteiger partial charge in [0.2, 0.25) is 5.91 Å². The molecule has 27 heavy (non-hydrogen) atoms. The summed E-state index contributed by atoms with van der Waals surface area (Å²) in [6, 6.07) is 13.5. The van der Waals surface area contributed by atoms with E-state index in [0.29, 0.717) is 29.0 Å². The lowest BCUT2D eigenvalue weighted by atomic mass is 10.1. The molecule has 0 atom stereocenters. The van der Waals surface area contributed by atoms with Crippen LogP contribution in [0.25, 0.3) is 0 Å². The fourth-order valence-corrected chi connectivity index (χ4v) is 2.54. The molecule has 1 fully saturated rings. The second kappa shape index (κ2) is 8.49. The van der Waals surface area contributed by atoms with Crippen molar-refractivity contribution in [1.29, 1.82) is 0 Å². The lowest BCUT2D eigenvalue weighted by molar-refractivity contribution is -0.117. The van der Waals surface area contributed by atoms with Gasteiger partial charge < -0.3 is 16.0 Å². The van der Waals surface area contributed by atoms with Crippen LogP contribution in [-0.2, 0) is 4.79 Å². The van der Waals surface area contributed by atoms with Crippen molar-refractivity contribution in [2.24, 2.45) is 5.92 Å². The molecule has 0 saturated heterocycles. The lowest BCUT2D eigenvalue weighted by Gasteiger charge is -2.08. The smallest absolute Gasteiger partial charge is 0.255 e. The second-order valence-corrected chi connectivity index (χ2v) is 6.63. The van der Waals surface area contributed by atoms with Crippen molar-refractivity contribution < 1.29 is 14.4 Å². The summed E-state index contributed by atoms with van der Waals surface area (Å²) >= 11 is 0. The fraction of sp³-hybridized carbons (Fsp3) is 0.286. The third kappa shape index (κ3) is 5.17. The minimum atomic E-state index is -0.252. The van der Waals surface area contributed by atoms with Gasteiger partial charge in [0, 0.05) is 35.0 Å². The van der Waals surface area contributed by atoms with E-state index in [1.807, 2.05) is 6.92 Å². The number of anilines is 2. The Labute approximate surface area is 158 Å². The maximum atomic E-state index is 12.3. The highest BCUT2D eigenvalue weighted by atomic mass is 16.2. The van der Waals surface area contributed by atoms with Crippen LogP contribution in [0, 0.1) is 5.92 Å². The van der Waals surface area contributed by atoms with E-state index in [1.54, 1.807) is 48.5 Å². The number of amides is 3. The van der Waals surface area contributed by atoms with Gasteiger partial charge in [-0.2, -0.15) is 0 Å². The molecule has 0 heterocycles. The van der Waals surface area contributed by atoms with Crippen LogP contribution in [-0.4, -0.2) is 24.3 Å². The van der Waals surface area contributed by atoms with Gasteiger partial charge in [0.1, 0.15) is 0 Å². The van der Waals surface area contributed by atoms with Crippen LogP contribution in [0.5, 0.6) is 0 Å². The first-order valence-electron chi connectivity index (χ1n) is 9.17. The first kappa shape index (κ1) is 18.6. The van der Waals surface area contributed by atoms with Crippen molar-refractivity contribution in [1.82, 2.24) is 5.32 Å². The van der Waals surface area contributed by atoms with Crippen LogP contribution in [0.3, 0.4) is 0 Å². The van der Waals surface area contributed by atoms with E-state index in [-0.39, 0.29) is 23.6 Å². The van der Waals surface area contributed by atoms with E-state index in [2.05, 4.69) is 16.0 Å². The summed E-state index contributed by atoms with van der Waals surface area (Å²) in [4.78, 5) is 36.0. The van der Waals surface area contributed by atoms with Gasteiger partial charge in [-0.3, -0.25) is 14.4 Å². The molecule has 140 valence electrons. The number of carbonyl (C=O) groups is 3. The van der Waals surface area contributed by atoms with Gasteiger partial charge in [-0.25, -0.2) is 0 Å². The summed E-state index contributed by atoms with van der Waals surface area (Å²) in [6.07, 6.45) is 2.78. The second-order valence-electron chi connectivity index (χ2n) is 6.63. The van der Waals surface area contributed by atoms with Crippen molar-refractivity contribution in [2.45, 2.75) is 26.2 Å². The van der Waals surface area contributed by atoms with E-state index in [0.717, 1.165) is 19.3 Å². The molecule has 3 N–H and O–H groups in total. The molecule has 0 radical (unpaired) electrons. The van der Waals surface area contributed by atoms with E-state index in [9.17, 15) is 14.4 Å². The highest BCUT2D eigenvalue weighted by molar-refractivity contribution is 6.05. The normalized spacial score (nSPS) is 12.9. The third-order valence-corrected chi connectivity index (χ3v) is 4.30. The van der Waals surface area contributed by atoms with Gasteiger partial charge in [0.15, 0.2) is 0 Å². The zero-order chi connectivity index (χ0) is 19.2. The third-order valence-electron chi connectivity index (χ3n) is 4.30. The molecule has 0 unspecified atom stereocenters. The Balaban J connectivity index is 1.56. The first-order chi connectivity index (χ1) is 13.1. The Morgan fingerprint density at radius 1 is 0.815 bits per heavy atom. The van der Waals surface area contributed by atoms with Gasteiger partial charge in [-0.1, -0.05) is 6.92 Å². The average Bonchev–Trinajstić information content (AvgIpc) is 3.52. The summed E-state index contributed by atoms with van der Waals surface area (Å²) in [6.45, 7) is 2.63. The predicted octanol–water partition coefficient (Wildman–Crippen LogP) is 3.43. The number of rotatable bonds is 7. The number of hydrogen-bond donors (Lipinski definition) is 3. The van der Waals surface area contributed by atoms with Gasteiger partial charge in [0.05, 0.1) is 0 Å². The molecule has 0 bridgehead atoms. The van der Waals surface area contributed by atoms with E-state index in [1.165, 1.54) is 0 Å². The highest BCUT2D eigenvalue weighted by Gasteiger charge is 2.29. The molecule has 3 amide bonds. The molecule has 0 aliphatic heterocycles. The molecule has 0 spiro atoms. The maximum absolute atomic E-state index is 12.3. The molecule has 2 aromatic carbocycles. The quantitative estimate of drug-likeness (QED) is 0.702. The van der Waals surface area contributed by atoms with Gasteiger partial charge in [0.25, 0.3) is 11.8 Å². The summed E-state index contributed by atoms with van der Waals surface area (Å²) in [5, 5.41) is 8.45. The maximum Gasteiger partial charge on any atom is 0.255 e. The molecule has 6 nitrogen and oxygen atoms in total. The molecule has 1 aliphatic rings. The zero-order valence-electron chi connectivity index (χ0n) is 15.2. The lowest BCUT2D eigenvalue weighted by Crippen LogP contribution is -2.23. The molecule has 2 aromatic rings. The van der Waals surface area contributed by atoms with E-state index >= 15 is 0 Å². The predicted molar refractivity (Wildman–Crippen MR) is 105 cm³/mol. The Kier molecular flexibility index (Phi) is 5.86. The van der Waals surface area contributed by atoms with Crippen molar-refractivity contribution in [3.63, 3.8) is 0 Å². The summed E-state index contributed by atoms with van der Waals surface area (Å²) < 4.78 is 0. The molecular formula is C21H23N3O3. The summed E-state index contributed by atoms with van der Waals surface area (Å²) in [5.74, 6) is -0.202. The van der Waals surface area contributed by atoms with Gasteiger partial charge in [-0.05, 0) is 67.8 Å². The molecule has 0 aromatic heterocycles. The van der Waals surface area contributed by atoms with E-state index < -0.39 is 0 Å². The minimum Gasteiger partial charge on any atom is -0.352 e. The van der Waals surface area contributed by atoms with Crippen LogP contribution in [0.15, 0.2) is 48.5 Å². The van der Waals surface area contributed by atoms with E-state index in [4.69, 9.17) is 0 Å². The first-order valence-corrected chi connectivity index (χ1v) is 9.17. The van der Waals surface area contributed by atoms with Crippen LogP contribution in [0.1, 0.15) is 46.9 Å². The highest BCUT2D eigenvalue weighted by Crippen LogP contribution is 2.30. The van der Waals surface area contributed by atoms with Crippen LogP contribution >= 0.6 is 0 Å². The molecular weight excluding hydrogens is 342 g/mol. The number of nitrogens with one attached hydrogen (secondary N) is 3. The largest absolute Gasteiger partial charge is 0.352 e. The average molecular weight is 365 g/mol. The standard InChI is InChI=1S/C21H23N3O3/c1-2-13-22-19(25)14-5-9-17(10-6-14)24-21(27)16-7-11-18(12-8-16)23-20(26)15-3-4-15/h5-12,15H,2-4,13H2,1H3,(H,22,25)(H,23,26)(H,24,27). The fourth-order valence-electron chi connectivity index (χ4n) is 2.54. The summed E-state index contributed by atoms with van der Waals surface area (Å²) in [5.41, 5.74) is 2.34. The number of benzene rings is 2. The van der Waals surface area contributed by atoms with Crippen molar-refractivity contribution in [2.75, 3.05) is 17.2 Å². The van der Waals surface area contributed by atoms with Crippen LogP contribution in [0.4, 0.5) is 11.4 Å². The van der Waals surface area contributed by atoms with Crippen molar-refractivity contribution >= 4 is 29.1 Å². The monoisotopic (exact) mass is 365 g/mol. The molecule has 1 aliphatic carbocycles. The van der Waals surface area contributed by atoms with Crippen LogP contribution < -0.4 is 16.0 Å². The van der Waals surface area contributed by atoms with Crippen molar-refractivity contribution in [3.8, 4) is 0 Å². The minimum absolute atomic E-state index is 0.0373.